The molecule has 17 heavy (non-hydrogen) atoms. The largest absolute Gasteiger partial charge is 0.388 e. The summed E-state index contributed by atoms with van der Waals surface area (Å²) >= 11 is 0. The lowest BCUT2D eigenvalue weighted by molar-refractivity contribution is 0.156. The van der Waals surface area contributed by atoms with Gasteiger partial charge in [0.15, 0.2) is 0 Å². The zero-order valence-corrected chi connectivity index (χ0v) is 10.1. The van der Waals surface area contributed by atoms with Crippen LogP contribution < -0.4 is 0 Å². The first kappa shape index (κ1) is 10.6. The second-order valence-corrected chi connectivity index (χ2v) is 4.77. The zero-order chi connectivity index (χ0) is 11.8. The monoisotopic (exact) mass is 227 g/mol. The molecule has 0 bridgehead atoms. The summed E-state index contributed by atoms with van der Waals surface area (Å²) in [7, 11) is 0. The van der Waals surface area contributed by atoms with E-state index in [1.165, 1.54) is 17.1 Å². The first-order valence-electron chi connectivity index (χ1n) is 6.22. The highest BCUT2D eigenvalue weighted by Crippen LogP contribution is 2.33. The average Bonchev–Trinajstić information content (AvgIpc) is 2.68. The Hall–Kier alpha value is -1.54. The van der Waals surface area contributed by atoms with Gasteiger partial charge >= 0.3 is 0 Å². The lowest BCUT2D eigenvalue weighted by Crippen LogP contribution is -2.11. The average molecular weight is 227 g/mol. The maximum atomic E-state index is 10.0. The van der Waals surface area contributed by atoms with Crippen molar-refractivity contribution in [1.82, 2.24) is 4.57 Å². The standard InChI is InChI=1S/C15H17NO/c1-11-10-13-14(8-5-9-15(13)17)16(11)12-6-3-2-4-7-12/h2-4,6-7,10,15,17H,5,8-9H2,1H3. The van der Waals surface area contributed by atoms with Crippen molar-refractivity contribution < 1.29 is 5.11 Å². The van der Waals surface area contributed by atoms with E-state index in [9.17, 15) is 5.11 Å². The van der Waals surface area contributed by atoms with E-state index >= 15 is 0 Å². The van der Waals surface area contributed by atoms with Crippen LogP contribution in [0.4, 0.5) is 0 Å². The van der Waals surface area contributed by atoms with E-state index in [2.05, 4.69) is 41.8 Å². The highest BCUT2D eigenvalue weighted by Gasteiger charge is 2.23. The molecule has 1 unspecified atom stereocenters. The molecule has 1 aromatic heterocycles. The number of hydrogen-bond donors (Lipinski definition) is 1. The summed E-state index contributed by atoms with van der Waals surface area (Å²) in [5, 5.41) is 10.0. The number of hydrogen-bond acceptors (Lipinski definition) is 1. The molecule has 3 rings (SSSR count). The first-order valence-corrected chi connectivity index (χ1v) is 6.22. The summed E-state index contributed by atoms with van der Waals surface area (Å²) in [6.07, 6.45) is 2.76. The molecule has 0 saturated carbocycles. The maximum Gasteiger partial charge on any atom is 0.0807 e. The molecule has 0 spiro atoms. The van der Waals surface area contributed by atoms with Gasteiger partial charge in [0.25, 0.3) is 0 Å². The van der Waals surface area contributed by atoms with Crippen LogP contribution in [0, 0.1) is 6.92 Å². The molecular weight excluding hydrogens is 210 g/mol. The second-order valence-electron chi connectivity index (χ2n) is 4.77. The fourth-order valence-electron chi connectivity index (χ4n) is 2.81. The summed E-state index contributed by atoms with van der Waals surface area (Å²) in [6.45, 7) is 2.11. The number of aliphatic hydroxyl groups excluding tert-OH is 1. The van der Waals surface area contributed by atoms with Gasteiger partial charge in [-0.15, -0.1) is 0 Å². The minimum absolute atomic E-state index is 0.276. The molecule has 0 amide bonds. The van der Waals surface area contributed by atoms with Crippen LogP contribution in [0.3, 0.4) is 0 Å². The number of aromatic nitrogens is 1. The van der Waals surface area contributed by atoms with Crippen molar-refractivity contribution >= 4 is 0 Å². The number of nitrogens with zero attached hydrogens (tertiary/aromatic N) is 1. The highest BCUT2D eigenvalue weighted by molar-refractivity contribution is 5.43. The minimum Gasteiger partial charge on any atom is -0.388 e. The smallest absolute Gasteiger partial charge is 0.0807 e. The van der Waals surface area contributed by atoms with Gasteiger partial charge in [0, 0.05) is 22.6 Å². The predicted octanol–water partition coefficient (Wildman–Crippen LogP) is 3.16. The molecule has 0 radical (unpaired) electrons. The van der Waals surface area contributed by atoms with Crippen LogP contribution in [0.5, 0.6) is 0 Å². The summed E-state index contributed by atoms with van der Waals surface area (Å²) in [4.78, 5) is 0. The molecule has 0 fully saturated rings. The van der Waals surface area contributed by atoms with Crippen molar-refractivity contribution in [2.75, 3.05) is 0 Å². The van der Waals surface area contributed by atoms with E-state index in [0.717, 1.165) is 24.8 Å². The van der Waals surface area contributed by atoms with Crippen molar-refractivity contribution in [3.63, 3.8) is 0 Å². The van der Waals surface area contributed by atoms with E-state index in [1.807, 2.05) is 6.07 Å². The van der Waals surface area contributed by atoms with Gasteiger partial charge in [-0.25, -0.2) is 0 Å². The lowest BCUT2D eigenvalue weighted by atomic mass is 9.95. The molecule has 88 valence electrons. The van der Waals surface area contributed by atoms with Crippen LogP contribution in [-0.4, -0.2) is 9.67 Å². The summed E-state index contributed by atoms with van der Waals surface area (Å²) < 4.78 is 2.28. The van der Waals surface area contributed by atoms with Gasteiger partial charge in [-0.3, -0.25) is 0 Å². The van der Waals surface area contributed by atoms with E-state index < -0.39 is 0 Å². The van der Waals surface area contributed by atoms with Crippen LogP contribution in [0.25, 0.3) is 5.69 Å². The van der Waals surface area contributed by atoms with Gasteiger partial charge in [-0.05, 0) is 44.4 Å². The predicted molar refractivity (Wildman–Crippen MR) is 68.4 cm³/mol. The van der Waals surface area contributed by atoms with Crippen molar-refractivity contribution in [3.8, 4) is 5.69 Å². The fourth-order valence-corrected chi connectivity index (χ4v) is 2.81. The Bertz CT molecular complexity index is 527. The third-order valence-electron chi connectivity index (χ3n) is 3.58. The summed E-state index contributed by atoms with van der Waals surface area (Å²) in [5.74, 6) is 0. The van der Waals surface area contributed by atoms with Gasteiger partial charge in [0.05, 0.1) is 6.10 Å². The topological polar surface area (TPSA) is 25.2 Å². The third kappa shape index (κ3) is 1.69. The molecule has 2 heteroatoms. The van der Waals surface area contributed by atoms with Gasteiger partial charge in [0.1, 0.15) is 0 Å². The fraction of sp³-hybridized carbons (Fsp3) is 0.333. The van der Waals surface area contributed by atoms with E-state index in [1.54, 1.807) is 0 Å². The molecule has 1 N–H and O–H groups in total. The Morgan fingerprint density at radius 1 is 1.24 bits per heavy atom. The summed E-state index contributed by atoms with van der Waals surface area (Å²) in [5.41, 5.74) is 4.81. The second kappa shape index (κ2) is 4.04. The minimum atomic E-state index is -0.276. The van der Waals surface area contributed by atoms with Gasteiger partial charge in [-0.1, -0.05) is 18.2 Å². The van der Waals surface area contributed by atoms with Crippen LogP contribution in [-0.2, 0) is 6.42 Å². The molecule has 1 aromatic carbocycles. The van der Waals surface area contributed by atoms with Gasteiger partial charge in [-0.2, -0.15) is 0 Å². The Balaban J connectivity index is 2.18. The number of aryl methyl sites for hydroxylation is 1. The number of fused-ring (bicyclic) bond motifs is 1. The van der Waals surface area contributed by atoms with Crippen molar-refractivity contribution in [1.29, 1.82) is 0 Å². The quantitative estimate of drug-likeness (QED) is 0.795. The number of rotatable bonds is 1. The number of para-hydroxylation sites is 1. The van der Waals surface area contributed by atoms with Gasteiger partial charge < -0.3 is 9.67 Å². The van der Waals surface area contributed by atoms with Crippen LogP contribution in [0.2, 0.25) is 0 Å². The molecule has 1 aliphatic carbocycles. The Morgan fingerprint density at radius 3 is 2.76 bits per heavy atom. The Morgan fingerprint density at radius 2 is 2.00 bits per heavy atom. The molecule has 1 heterocycles. The van der Waals surface area contributed by atoms with E-state index in [4.69, 9.17) is 0 Å². The lowest BCUT2D eigenvalue weighted by Gasteiger charge is -2.20. The Kier molecular flexibility index (Phi) is 2.52. The molecule has 2 nitrogen and oxygen atoms in total. The van der Waals surface area contributed by atoms with Crippen LogP contribution in [0.15, 0.2) is 36.4 Å². The van der Waals surface area contributed by atoms with E-state index in [-0.39, 0.29) is 6.10 Å². The van der Waals surface area contributed by atoms with E-state index in [0.29, 0.717) is 0 Å². The molecule has 0 saturated heterocycles. The molecular formula is C15H17NO. The molecule has 1 atom stereocenters. The zero-order valence-electron chi connectivity index (χ0n) is 10.1. The maximum absolute atomic E-state index is 10.0. The Labute approximate surface area is 102 Å². The van der Waals surface area contributed by atoms with Gasteiger partial charge in [0.2, 0.25) is 0 Å². The SMILES string of the molecule is Cc1cc2c(n1-c1ccccc1)CCCC2O. The third-order valence-corrected chi connectivity index (χ3v) is 3.58. The molecule has 2 aromatic rings. The van der Waals surface area contributed by atoms with Crippen molar-refractivity contribution in [2.45, 2.75) is 32.3 Å². The van der Waals surface area contributed by atoms with Crippen LogP contribution in [0.1, 0.15) is 35.9 Å². The summed E-state index contributed by atoms with van der Waals surface area (Å²) in [6, 6.07) is 12.5. The molecule has 0 aliphatic heterocycles. The van der Waals surface area contributed by atoms with Crippen molar-refractivity contribution in [2.24, 2.45) is 0 Å². The number of benzene rings is 1. The normalized spacial score (nSPS) is 19.1. The highest BCUT2D eigenvalue weighted by atomic mass is 16.3. The van der Waals surface area contributed by atoms with Crippen molar-refractivity contribution in [3.05, 3.63) is 53.3 Å². The first-order chi connectivity index (χ1) is 8.27. The molecule has 1 aliphatic rings. The number of aliphatic hydroxyl groups is 1. The van der Waals surface area contributed by atoms with Crippen LogP contribution >= 0.6 is 0 Å².